The van der Waals surface area contributed by atoms with E-state index in [4.69, 9.17) is 0 Å². The van der Waals surface area contributed by atoms with Gasteiger partial charge in [0.1, 0.15) is 17.6 Å². The molecule has 0 aliphatic rings. The molecule has 0 unspecified atom stereocenters. The number of hydrazone groups is 1. The van der Waals surface area contributed by atoms with E-state index in [1.165, 1.54) is 16.8 Å². The average molecular weight is 412 g/mol. The van der Waals surface area contributed by atoms with Crippen molar-refractivity contribution in [2.45, 2.75) is 13.0 Å². The molecule has 1 aromatic heterocycles. The van der Waals surface area contributed by atoms with Crippen molar-refractivity contribution in [3.05, 3.63) is 94.8 Å². The number of aromatic hydroxyl groups is 1. The number of nitrogens with one attached hydrogen (secondary N) is 1. The van der Waals surface area contributed by atoms with Crippen LogP contribution < -0.4 is 11.0 Å². The van der Waals surface area contributed by atoms with Gasteiger partial charge in [0, 0.05) is 11.1 Å². The van der Waals surface area contributed by atoms with Gasteiger partial charge in [0.15, 0.2) is 0 Å². The van der Waals surface area contributed by atoms with E-state index >= 15 is 0 Å². The first-order valence-electron chi connectivity index (χ1n) is 9.74. The smallest absolute Gasteiger partial charge is 0.263 e. The van der Waals surface area contributed by atoms with Gasteiger partial charge in [-0.1, -0.05) is 54.6 Å². The molecule has 31 heavy (non-hydrogen) atoms. The fourth-order valence-corrected chi connectivity index (χ4v) is 3.27. The maximum Gasteiger partial charge on any atom is 0.263 e. The summed E-state index contributed by atoms with van der Waals surface area (Å²) in [4.78, 5) is 30.8. The Balaban J connectivity index is 1.72. The maximum absolute atomic E-state index is 13.3. The molecule has 1 atom stereocenters. The Labute approximate surface area is 178 Å². The van der Waals surface area contributed by atoms with E-state index in [0.29, 0.717) is 22.3 Å². The lowest BCUT2D eigenvalue weighted by Gasteiger charge is -2.18. The number of carbonyl (C=O) groups excluding carboxylic acids is 1. The summed E-state index contributed by atoms with van der Waals surface area (Å²) in [7, 11) is 0. The van der Waals surface area contributed by atoms with E-state index < -0.39 is 11.9 Å². The van der Waals surface area contributed by atoms with Crippen molar-refractivity contribution >= 4 is 23.0 Å². The third-order valence-corrected chi connectivity index (χ3v) is 4.92. The van der Waals surface area contributed by atoms with Crippen LogP contribution in [0, 0.1) is 0 Å². The van der Waals surface area contributed by atoms with Crippen LogP contribution >= 0.6 is 0 Å². The number of nitrogens with zero attached hydrogens (tertiary/aromatic N) is 3. The van der Waals surface area contributed by atoms with Crippen LogP contribution in [0.4, 0.5) is 0 Å². The van der Waals surface area contributed by atoms with Crippen LogP contribution in [0.5, 0.6) is 5.75 Å². The Kier molecular flexibility index (Phi) is 5.57. The van der Waals surface area contributed by atoms with Crippen molar-refractivity contribution in [2.75, 3.05) is 0 Å². The molecule has 7 nitrogen and oxygen atoms in total. The predicted octanol–water partition coefficient (Wildman–Crippen LogP) is 3.48. The van der Waals surface area contributed by atoms with Gasteiger partial charge in [-0.05, 0) is 31.2 Å². The molecular formula is C24H20N4O3. The summed E-state index contributed by atoms with van der Waals surface area (Å²) in [5.74, 6) is -0.0328. The van der Waals surface area contributed by atoms with Crippen molar-refractivity contribution in [1.29, 1.82) is 0 Å². The Morgan fingerprint density at radius 2 is 1.71 bits per heavy atom. The zero-order valence-electron chi connectivity index (χ0n) is 16.8. The number of phenolic OH excluding ortho intramolecular Hbond substituents is 1. The minimum absolute atomic E-state index is 0.0508. The second-order valence-electron chi connectivity index (χ2n) is 6.96. The molecule has 0 saturated carbocycles. The summed E-state index contributed by atoms with van der Waals surface area (Å²) in [5.41, 5.74) is 3.88. The number of hydrogen-bond donors (Lipinski definition) is 2. The van der Waals surface area contributed by atoms with Crippen LogP contribution in [0.25, 0.3) is 22.3 Å². The molecule has 4 rings (SSSR count). The summed E-state index contributed by atoms with van der Waals surface area (Å²) in [5, 5.41) is 14.2. The molecule has 2 N–H and O–H groups in total. The Bertz CT molecular complexity index is 1330. The molecule has 0 aliphatic heterocycles. The minimum Gasteiger partial charge on any atom is -0.507 e. The van der Waals surface area contributed by atoms with Gasteiger partial charge in [-0.2, -0.15) is 5.10 Å². The van der Waals surface area contributed by atoms with E-state index in [-0.39, 0.29) is 11.3 Å². The quantitative estimate of drug-likeness (QED) is 0.387. The lowest BCUT2D eigenvalue weighted by Crippen LogP contribution is -2.35. The highest BCUT2D eigenvalue weighted by molar-refractivity contribution is 5.87. The number of para-hydroxylation sites is 2. The molecule has 0 fully saturated rings. The number of phenols is 1. The molecule has 0 radical (unpaired) electrons. The number of aromatic nitrogens is 2. The Hall–Kier alpha value is -4.26. The molecule has 4 aromatic rings. The molecule has 0 bridgehead atoms. The van der Waals surface area contributed by atoms with Crippen molar-refractivity contribution in [3.8, 4) is 17.1 Å². The fraction of sp³-hybridized carbons (Fsp3) is 0.0833. The second kappa shape index (κ2) is 8.62. The molecule has 1 amide bonds. The number of hydrogen-bond acceptors (Lipinski definition) is 5. The Morgan fingerprint density at radius 1 is 1.03 bits per heavy atom. The number of rotatable bonds is 5. The van der Waals surface area contributed by atoms with Crippen LogP contribution in [0.2, 0.25) is 0 Å². The number of benzene rings is 3. The zero-order chi connectivity index (χ0) is 21.8. The van der Waals surface area contributed by atoms with Crippen molar-refractivity contribution in [3.63, 3.8) is 0 Å². The van der Waals surface area contributed by atoms with Gasteiger partial charge in [-0.15, -0.1) is 0 Å². The van der Waals surface area contributed by atoms with Crippen LogP contribution in [0.3, 0.4) is 0 Å². The maximum atomic E-state index is 13.3. The highest BCUT2D eigenvalue weighted by Crippen LogP contribution is 2.22. The van der Waals surface area contributed by atoms with Gasteiger partial charge in [-0.3, -0.25) is 14.2 Å². The second-order valence-corrected chi connectivity index (χ2v) is 6.96. The van der Waals surface area contributed by atoms with Gasteiger partial charge < -0.3 is 5.11 Å². The van der Waals surface area contributed by atoms with E-state index in [1.807, 2.05) is 36.4 Å². The number of fused-ring (bicyclic) bond motifs is 1. The first-order chi connectivity index (χ1) is 15.1. The largest absolute Gasteiger partial charge is 0.507 e. The van der Waals surface area contributed by atoms with E-state index in [2.05, 4.69) is 15.5 Å². The molecule has 0 spiro atoms. The number of amides is 1. The van der Waals surface area contributed by atoms with Crippen LogP contribution in [0.15, 0.2) is 88.8 Å². The normalized spacial score (nSPS) is 12.2. The van der Waals surface area contributed by atoms with Gasteiger partial charge in [0.05, 0.1) is 17.1 Å². The molecule has 0 aliphatic carbocycles. The number of carbonyl (C=O) groups is 1. The molecule has 0 saturated heterocycles. The van der Waals surface area contributed by atoms with Gasteiger partial charge >= 0.3 is 0 Å². The first kappa shape index (κ1) is 20.0. The molecule has 3 aromatic carbocycles. The first-order valence-corrected chi connectivity index (χ1v) is 9.74. The standard InChI is InChI=1S/C24H20N4O3/c1-16(23(30)27-25-15-18-11-5-8-14-21(18)29)28-22(17-9-3-2-4-10-17)26-20-13-7-6-12-19(20)24(28)31/h2-16,29H,1H3,(H,27,30)/b25-15+/t16-/m0/s1. The Morgan fingerprint density at radius 3 is 2.48 bits per heavy atom. The van der Waals surface area contributed by atoms with Crippen LogP contribution in [-0.4, -0.2) is 26.8 Å². The summed E-state index contributed by atoms with van der Waals surface area (Å²) >= 11 is 0. The topological polar surface area (TPSA) is 96.6 Å². The van der Waals surface area contributed by atoms with Gasteiger partial charge in [-0.25, -0.2) is 10.4 Å². The highest BCUT2D eigenvalue weighted by atomic mass is 16.3. The zero-order valence-corrected chi connectivity index (χ0v) is 16.8. The summed E-state index contributed by atoms with van der Waals surface area (Å²) in [6.45, 7) is 1.62. The SMILES string of the molecule is C[C@@H](C(=O)N/N=C/c1ccccc1O)n1c(-c2ccccc2)nc2ccccc2c1=O. The van der Waals surface area contributed by atoms with E-state index in [0.717, 1.165) is 5.56 Å². The predicted molar refractivity (Wildman–Crippen MR) is 120 cm³/mol. The van der Waals surface area contributed by atoms with Crippen LogP contribution in [0.1, 0.15) is 18.5 Å². The van der Waals surface area contributed by atoms with E-state index in [1.54, 1.807) is 43.3 Å². The van der Waals surface area contributed by atoms with E-state index in [9.17, 15) is 14.7 Å². The van der Waals surface area contributed by atoms with Crippen molar-refractivity contribution in [2.24, 2.45) is 5.10 Å². The van der Waals surface area contributed by atoms with Gasteiger partial charge in [0.2, 0.25) is 0 Å². The monoisotopic (exact) mass is 412 g/mol. The fourth-order valence-electron chi connectivity index (χ4n) is 3.27. The molecule has 154 valence electrons. The highest BCUT2D eigenvalue weighted by Gasteiger charge is 2.22. The summed E-state index contributed by atoms with van der Waals surface area (Å²) in [6, 6.07) is 22.1. The molecule has 1 heterocycles. The van der Waals surface area contributed by atoms with Crippen molar-refractivity contribution in [1.82, 2.24) is 15.0 Å². The molecular weight excluding hydrogens is 392 g/mol. The summed E-state index contributed by atoms with van der Waals surface area (Å²) in [6.07, 6.45) is 1.35. The minimum atomic E-state index is -0.874. The summed E-state index contributed by atoms with van der Waals surface area (Å²) < 4.78 is 1.38. The lowest BCUT2D eigenvalue weighted by atomic mass is 10.1. The third-order valence-electron chi connectivity index (χ3n) is 4.92. The molecule has 7 heteroatoms. The van der Waals surface area contributed by atoms with Gasteiger partial charge in [0.25, 0.3) is 11.5 Å². The van der Waals surface area contributed by atoms with Crippen LogP contribution in [-0.2, 0) is 4.79 Å². The average Bonchev–Trinajstić information content (AvgIpc) is 2.80. The lowest BCUT2D eigenvalue weighted by molar-refractivity contribution is -0.123. The third kappa shape index (κ3) is 4.06. The van der Waals surface area contributed by atoms with Crippen molar-refractivity contribution < 1.29 is 9.90 Å².